The fourth-order valence-corrected chi connectivity index (χ4v) is 1.24. The van der Waals surface area contributed by atoms with Gasteiger partial charge in [0.25, 0.3) is 0 Å². The van der Waals surface area contributed by atoms with Crippen LogP contribution in [0.1, 0.15) is 0 Å². The van der Waals surface area contributed by atoms with Crippen molar-refractivity contribution in [3.8, 4) is 17.1 Å². The van der Waals surface area contributed by atoms with Crippen LogP contribution in [0.2, 0.25) is 0 Å². The predicted molar refractivity (Wildman–Crippen MR) is 53.9 cm³/mol. The van der Waals surface area contributed by atoms with Crippen LogP contribution in [0.25, 0.3) is 11.4 Å². The van der Waals surface area contributed by atoms with E-state index >= 15 is 0 Å². The zero-order valence-electron chi connectivity index (χ0n) is 8.45. The van der Waals surface area contributed by atoms with Gasteiger partial charge in [-0.15, -0.1) is 0 Å². The summed E-state index contributed by atoms with van der Waals surface area (Å²) < 4.78 is 31.2. The van der Waals surface area contributed by atoms with Gasteiger partial charge in [-0.1, -0.05) is 6.07 Å². The molecular weight excluding hydrogens is 214 g/mol. The molecule has 0 saturated carbocycles. The first kappa shape index (κ1) is 10.5. The van der Waals surface area contributed by atoms with Gasteiger partial charge in [0.05, 0.1) is 25.1 Å². The van der Waals surface area contributed by atoms with Crippen molar-refractivity contribution < 1.29 is 13.5 Å². The average molecular weight is 222 g/mol. The highest BCUT2D eigenvalue weighted by atomic mass is 19.2. The number of rotatable bonds is 2. The first-order chi connectivity index (χ1) is 7.72. The Kier molecular flexibility index (Phi) is 2.76. The number of nitrogens with zero attached hydrogens (tertiary/aromatic N) is 2. The molecule has 0 unspecified atom stereocenters. The van der Waals surface area contributed by atoms with Gasteiger partial charge in [0, 0.05) is 0 Å². The van der Waals surface area contributed by atoms with Crippen LogP contribution in [0, 0.1) is 11.6 Å². The lowest BCUT2D eigenvalue weighted by Gasteiger charge is -2.03. The van der Waals surface area contributed by atoms with Crippen molar-refractivity contribution in [1.82, 2.24) is 9.97 Å². The van der Waals surface area contributed by atoms with Gasteiger partial charge in [-0.25, -0.2) is 18.7 Å². The van der Waals surface area contributed by atoms with Crippen LogP contribution >= 0.6 is 0 Å². The molecule has 0 bridgehead atoms. The second kappa shape index (κ2) is 4.22. The van der Waals surface area contributed by atoms with E-state index in [-0.39, 0.29) is 11.4 Å². The van der Waals surface area contributed by atoms with Crippen LogP contribution in [-0.4, -0.2) is 17.1 Å². The number of hydrogen-bond donors (Lipinski definition) is 0. The van der Waals surface area contributed by atoms with Gasteiger partial charge in [-0.2, -0.15) is 0 Å². The number of hydrogen-bond acceptors (Lipinski definition) is 3. The van der Waals surface area contributed by atoms with E-state index in [4.69, 9.17) is 4.74 Å². The SMILES string of the molecule is COc1cnc(-c2cccc(F)c2F)nc1. The maximum atomic E-state index is 13.4. The number of halogens is 2. The third-order valence-electron chi connectivity index (χ3n) is 2.06. The topological polar surface area (TPSA) is 35.0 Å². The summed E-state index contributed by atoms with van der Waals surface area (Å²) in [6, 6.07) is 3.86. The molecule has 3 nitrogen and oxygen atoms in total. The summed E-state index contributed by atoms with van der Waals surface area (Å²) in [6.45, 7) is 0. The summed E-state index contributed by atoms with van der Waals surface area (Å²) in [7, 11) is 1.47. The highest BCUT2D eigenvalue weighted by molar-refractivity contribution is 5.55. The largest absolute Gasteiger partial charge is 0.494 e. The molecular formula is C11H8F2N2O. The summed E-state index contributed by atoms with van der Waals surface area (Å²) >= 11 is 0. The average Bonchev–Trinajstić information content (AvgIpc) is 2.33. The van der Waals surface area contributed by atoms with E-state index in [1.54, 1.807) is 0 Å². The fraction of sp³-hybridized carbons (Fsp3) is 0.0909. The van der Waals surface area contributed by atoms with Crippen molar-refractivity contribution in [2.24, 2.45) is 0 Å². The normalized spacial score (nSPS) is 10.2. The molecule has 2 rings (SSSR count). The molecule has 1 aromatic carbocycles. The minimum atomic E-state index is -0.951. The molecule has 0 saturated heterocycles. The molecule has 0 radical (unpaired) electrons. The molecule has 0 fully saturated rings. The third kappa shape index (κ3) is 1.84. The smallest absolute Gasteiger partial charge is 0.169 e. The minimum Gasteiger partial charge on any atom is -0.494 e. The molecule has 0 aliphatic heterocycles. The number of benzene rings is 1. The molecule has 0 aliphatic carbocycles. The van der Waals surface area contributed by atoms with Crippen LogP contribution in [0.15, 0.2) is 30.6 Å². The predicted octanol–water partition coefficient (Wildman–Crippen LogP) is 2.43. The Hall–Kier alpha value is -2.04. The molecule has 16 heavy (non-hydrogen) atoms. The van der Waals surface area contributed by atoms with Gasteiger partial charge < -0.3 is 4.74 Å². The van der Waals surface area contributed by atoms with Crippen molar-refractivity contribution in [1.29, 1.82) is 0 Å². The highest BCUT2D eigenvalue weighted by Gasteiger charge is 2.11. The number of methoxy groups -OCH3 is 1. The first-order valence-corrected chi connectivity index (χ1v) is 4.53. The van der Waals surface area contributed by atoms with Crippen LogP contribution in [0.5, 0.6) is 5.75 Å². The summed E-state index contributed by atoms with van der Waals surface area (Å²) in [4.78, 5) is 7.76. The first-order valence-electron chi connectivity index (χ1n) is 4.53. The van der Waals surface area contributed by atoms with E-state index in [2.05, 4.69) is 9.97 Å². The molecule has 0 aliphatic rings. The molecule has 1 aromatic heterocycles. The summed E-state index contributed by atoms with van der Waals surface area (Å²) in [5, 5.41) is 0. The lowest BCUT2D eigenvalue weighted by atomic mass is 10.2. The lowest BCUT2D eigenvalue weighted by molar-refractivity contribution is 0.411. The zero-order valence-corrected chi connectivity index (χ0v) is 8.45. The molecule has 0 amide bonds. The fourth-order valence-electron chi connectivity index (χ4n) is 1.24. The number of aromatic nitrogens is 2. The Morgan fingerprint density at radius 1 is 1.12 bits per heavy atom. The maximum absolute atomic E-state index is 13.4. The second-order valence-electron chi connectivity index (χ2n) is 3.05. The molecule has 82 valence electrons. The van der Waals surface area contributed by atoms with Crippen molar-refractivity contribution in [3.05, 3.63) is 42.2 Å². The van der Waals surface area contributed by atoms with Gasteiger partial charge >= 0.3 is 0 Å². The molecule has 0 N–H and O–H groups in total. The van der Waals surface area contributed by atoms with Gasteiger partial charge in [-0.3, -0.25) is 0 Å². The molecule has 0 atom stereocenters. The van der Waals surface area contributed by atoms with E-state index in [1.807, 2.05) is 0 Å². The van der Waals surface area contributed by atoms with Crippen molar-refractivity contribution in [2.45, 2.75) is 0 Å². The van der Waals surface area contributed by atoms with Crippen molar-refractivity contribution in [2.75, 3.05) is 7.11 Å². The van der Waals surface area contributed by atoms with Crippen LogP contribution in [0.3, 0.4) is 0 Å². The third-order valence-corrected chi connectivity index (χ3v) is 2.06. The van der Waals surface area contributed by atoms with Crippen LogP contribution in [-0.2, 0) is 0 Å². The lowest BCUT2D eigenvalue weighted by Crippen LogP contribution is -1.95. The van der Waals surface area contributed by atoms with Gasteiger partial charge in [0.1, 0.15) is 0 Å². The Morgan fingerprint density at radius 2 is 1.81 bits per heavy atom. The van der Waals surface area contributed by atoms with Gasteiger partial charge in [0.15, 0.2) is 23.2 Å². The van der Waals surface area contributed by atoms with E-state index in [9.17, 15) is 8.78 Å². The monoisotopic (exact) mass is 222 g/mol. The second-order valence-corrected chi connectivity index (χ2v) is 3.05. The summed E-state index contributed by atoms with van der Waals surface area (Å²) in [5.74, 6) is -1.29. The van der Waals surface area contributed by atoms with Gasteiger partial charge in [0.2, 0.25) is 0 Å². The molecule has 1 heterocycles. The van der Waals surface area contributed by atoms with E-state index < -0.39 is 11.6 Å². The van der Waals surface area contributed by atoms with E-state index in [0.717, 1.165) is 6.07 Å². The van der Waals surface area contributed by atoms with Crippen molar-refractivity contribution in [3.63, 3.8) is 0 Å². The Balaban J connectivity index is 2.46. The molecule has 5 heteroatoms. The van der Waals surface area contributed by atoms with Crippen LogP contribution < -0.4 is 4.74 Å². The Labute approximate surface area is 90.7 Å². The Bertz CT molecular complexity index is 500. The quantitative estimate of drug-likeness (QED) is 0.782. The number of ether oxygens (including phenoxy) is 1. The highest BCUT2D eigenvalue weighted by Crippen LogP contribution is 2.21. The standard InChI is InChI=1S/C11H8F2N2O/c1-16-7-5-14-11(15-6-7)8-3-2-4-9(12)10(8)13/h2-6H,1H3. The van der Waals surface area contributed by atoms with E-state index in [1.165, 1.54) is 31.6 Å². The van der Waals surface area contributed by atoms with Gasteiger partial charge in [-0.05, 0) is 12.1 Å². The summed E-state index contributed by atoms with van der Waals surface area (Å²) in [5.41, 5.74) is 0.0302. The minimum absolute atomic E-state index is 0.0302. The summed E-state index contributed by atoms with van der Waals surface area (Å²) in [6.07, 6.45) is 2.79. The van der Waals surface area contributed by atoms with E-state index in [0.29, 0.717) is 5.75 Å². The zero-order chi connectivity index (χ0) is 11.5. The van der Waals surface area contributed by atoms with Crippen molar-refractivity contribution >= 4 is 0 Å². The van der Waals surface area contributed by atoms with Crippen LogP contribution in [0.4, 0.5) is 8.78 Å². The molecule has 2 aromatic rings. The Morgan fingerprint density at radius 3 is 2.44 bits per heavy atom. The maximum Gasteiger partial charge on any atom is 0.169 e. The molecule has 0 spiro atoms.